The third-order valence-corrected chi connectivity index (χ3v) is 4.83. The summed E-state index contributed by atoms with van der Waals surface area (Å²) >= 11 is 2.49. The van der Waals surface area contributed by atoms with Crippen molar-refractivity contribution in [2.24, 2.45) is 5.41 Å². The number of likely N-dealkylation sites (tertiary alicyclic amines) is 1. The van der Waals surface area contributed by atoms with Crippen LogP contribution in [0.3, 0.4) is 0 Å². The van der Waals surface area contributed by atoms with E-state index in [0.29, 0.717) is 11.0 Å². The second-order valence-electron chi connectivity index (χ2n) is 6.29. The molecule has 0 saturated carbocycles. The van der Waals surface area contributed by atoms with Crippen molar-refractivity contribution >= 4 is 22.9 Å². The van der Waals surface area contributed by atoms with Crippen LogP contribution in [0, 0.1) is 5.41 Å². The first-order valence-electron chi connectivity index (χ1n) is 6.07. The maximum absolute atomic E-state index is 2.69. The van der Waals surface area contributed by atoms with Gasteiger partial charge in [0.15, 0.2) is 0 Å². The fourth-order valence-corrected chi connectivity index (χ4v) is 3.96. The van der Waals surface area contributed by atoms with E-state index in [2.05, 4.69) is 51.6 Å². The third-order valence-electron chi connectivity index (χ3n) is 4.00. The maximum Gasteiger partial charge on any atom is 0.0201 e. The molecule has 2 fully saturated rings. The Balaban J connectivity index is 2.04. The summed E-state index contributed by atoms with van der Waals surface area (Å²) in [6, 6.07) is 0. The molecule has 2 saturated heterocycles. The Morgan fingerprint density at radius 3 is 2.33 bits per heavy atom. The Labute approximate surface area is 108 Å². The zero-order valence-electron chi connectivity index (χ0n) is 10.2. The lowest BCUT2D eigenvalue weighted by atomic mass is 9.78. The van der Waals surface area contributed by atoms with E-state index in [1.54, 1.807) is 0 Å². The number of nitrogens with zero attached hydrogens (tertiary/aromatic N) is 2. The van der Waals surface area contributed by atoms with E-state index < -0.39 is 0 Å². The van der Waals surface area contributed by atoms with Gasteiger partial charge >= 0.3 is 0 Å². The lowest BCUT2D eigenvalue weighted by Crippen LogP contribution is -2.52. The molecule has 15 heavy (non-hydrogen) atoms. The minimum Gasteiger partial charge on any atom is -0.298 e. The van der Waals surface area contributed by atoms with E-state index in [-0.39, 0.29) is 0 Å². The fraction of sp³-hybridized carbons (Fsp3) is 1.00. The first-order chi connectivity index (χ1) is 6.91. The van der Waals surface area contributed by atoms with Crippen LogP contribution in [0.4, 0.5) is 0 Å². The topological polar surface area (TPSA) is 6.48 Å². The molecule has 1 atom stereocenters. The Morgan fingerprint density at radius 1 is 1.07 bits per heavy atom. The molecule has 0 aromatic rings. The van der Waals surface area contributed by atoms with Crippen LogP contribution in [0.25, 0.3) is 0 Å². The highest BCUT2D eigenvalue weighted by atomic mass is 127. The molecule has 0 aromatic carbocycles. The number of hydrogen-bond donors (Lipinski definition) is 0. The summed E-state index contributed by atoms with van der Waals surface area (Å²) in [6.07, 6.45) is 4.24. The number of halogens is 1. The zero-order chi connectivity index (χ0) is 11.1. The Hall–Kier alpha value is 0.650. The van der Waals surface area contributed by atoms with Crippen molar-refractivity contribution in [1.29, 1.82) is 0 Å². The minimum atomic E-state index is 0.353. The average molecular weight is 322 g/mol. The second-order valence-corrected chi connectivity index (χ2v) is 7.65. The van der Waals surface area contributed by atoms with E-state index >= 15 is 0 Å². The van der Waals surface area contributed by atoms with Crippen molar-refractivity contribution in [2.45, 2.75) is 45.6 Å². The molecule has 2 nitrogen and oxygen atoms in total. The molecule has 2 heterocycles. The van der Waals surface area contributed by atoms with Gasteiger partial charge in [-0.15, -0.1) is 0 Å². The van der Waals surface area contributed by atoms with Crippen molar-refractivity contribution in [1.82, 2.24) is 8.01 Å². The van der Waals surface area contributed by atoms with Crippen molar-refractivity contribution in [3.8, 4) is 0 Å². The Kier molecular flexibility index (Phi) is 3.35. The van der Waals surface area contributed by atoms with E-state index in [9.17, 15) is 0 Å². The molecule has 2 aliphatic heterocycles. The molecule has 1 unspecified atom stereocenters. The van der Waals surface area contributed by atoms with Crippen molar-refractivity contribution in [2.75, 3.05) is 26.2 Å². The van der Waals surface area contributed by atoms with Gasteiger partial charge in [-0.05, 0) is 52.0 Å². The maximum atomic E-state index is 2.69. The summed E-state index contributed by atoms with van der Waals surface area (Å²) < 4.78 is 2.48. The van der Waals surface area contributed by atoms with Gasteiger partial charge in [-0.1, -0.05) is 0 Å². The quantitative estimate of drug-likeness (QED) is 0.500. The highest BCUT2D eigenvalue weighted by Crippen LogP contribution is 2.41. The van der Waals surface area contributed by atoms with Gasteiger partial charge < -0.3 is 0 Å². The molecule has 1 spiro atoms. The largest absolute Gasteiger partial charge is 0.298 e. The monoisotopic (exact) mass is 322 g/mol. The molecular weight excluding hydrogens is 299 g/mol. The van der Waals surface area contributed by atoms with Gasteiger partial charge in [-0.3, -0.25) is 4.90 Å². The van der Waals surface area contributed by atoms with Crippen molar-refractivity contribution in [3.05, 3.63) is 0 Å². The summed E-state index contributed by atoms with van der Waals surface area (Å²) in [5.41, 5.74) is 0.971. The van der Waals surface area contributed by atoms with Gasteiger partial charge in [0.25, 0.3) is 0 Å². The lowest BCUT2D eigenvalue weighted by Gasteiger charge is -2.46. The van der Waals surface area contributed by atoms with E-state index in [0.717, 1.165) is 0 Å². The Morgan fingerprint density at radius 2 is 1.80 bits per heavy atom. The standard InChI is InChI=1S/C12H23IN2/c1-11(2,3)14-7-4-5-12(9-14)6-8-15(13)10-12/h4-10H2,1-3H3. The fourth-order valence-electron chi connectivity index (χ4n) is 2.99. The molecule has 0 amide bonds. The summed E-state index contributed by atoms with van der Waals surface area (Å²) in [4.78, 5) is 2.69. The SMILES string of the molecule is CC(C)(C)N1CCCC2(CCN(I)C2)C1. The van der Waals surface area contributed by atoms with Crippen LogP contribution in [-0.4, -0.2) is 39.7 Å². The zero-order valence-corrected chi connectivity index (χ0v) is 12.4. The van der Waals surface area contributed by atoms with Gasteiger partial charge in [0, 0.05) is 48.0 Å². The van der Waals surface area contributed by atoms with Crippen LogP contribution in [0.5, 0.6) is 0 Å². The van der Waals surface area contributed by atoms with Crippen LogP contribution in [-0.2, 0) is 0 Å². The highest BCUT2D eigenvalue weighted by Gasteiger charge is 2.42. The van der Waals surface area contributed by atoms with Crippen LogP contribution < -0.4 is 0 Å². The molecule has 2 aliphatic rings. The number of rotatable bonds is 0. The summed E-state index contributed by atoms with van der Waals surface area (Å²) in [7, 11) is 0. The molecule has 2 rings (SSSR count). The van der Waals surface area contributed by atoms with E-state index in [4.69, 9.17) is 0 Å². The van der Waals surface area contributed by atoms with Crippen LogP contribution in [0.1, 0.15) is 40.0 Å². The van der Waals surface area contributed by atoms with Gasteiger partial charge in [0.1, 0.15) is 0 Å². The minimum absolute atomic E-state index is 0.353. The smallest absolute Gasteiger partial charge is 0.0201 e. The summed E-state index contributed by atoms with van der Waals surface area (Å²) in [5.74, 6) is 0. The second kappa shape index (κ2) is 4.15. The van der Waals surface area contributed by atoms with Gasteiger partial charge in [-0.2, -0.15) is 0 Å². The van der Waals surface area contributed by atoms with E-state index in [1.165, 1.54) is 45.4 Å². The molecular formula is C12H23IN2. The number of hydrogen-bond acceptors (Lipinski definition) is 2. The molecule has 0 aliphatic carbocycles. The normalized spacial score (nSPS) is 35.2. The molecule has 0 radical (unpaired) electrons. The first-order valence-corrected chi connectivity index (χ1v) is 7.04. The van der Waals surface area contributed by atoms with E-state index in [1.807, 2.05) is 0 Å². The predicted octanol–water partition coefficient (Wildman–Crippen LogP) is 2.92. The van der Waals surface area contributed by atoms with Gasteiger partial charge in [-0.25, -0.2) is 3.11 Å². The summed E-state index contributed by atoms with van der Waals surface area (Å²) in [5, 5.41) is 0. The molecule has 0 N–H and O–H groups in total. The average Bonchev–Trinajstić information content (AvgIpc) is 2.46. The van der Waals surface area contributed by atoms with Crippen molar-refractivity contribution < 1.29 is 0 Å². The highest BCUT2D eigenvalue weighted by molar-refractivity contribution is 14.1. The Bertz CT molecular complexity index is 232. The van der Waals surface area contributed by atoms with Gasteiger partial charge in [0.2, 0.25) is 0 Å². The molecule has 0 bridgehead atoms. The molecule has 0 aromatic heterocycles. The lowest BCUT2D eigenvalue weighted by molar-refractivity contribution is 0.0335. The summed E-state index contributed by atoms with van der Waals surface area (Å²) in [6.45, 7) is 12.3. The van der Waals surface area contributed by atoms with Crippen LogP contribution in [0.15, 0.2) is 0 Å². The third kappa shape index (κ3) is 2.67. The van der Waals surface area contributed by atoms with Crippen LogP contribution in [0.2, 0.25) is 0 Å². The molecule has 3 heteroatoms. The predicted molar refractivity (Wildman–Crippen MR) is 73.2 cm³/mol. The van der Waals surface area contributed by atoms with Crippen LogP contribution >= 0.6 is 22.9 Å². The molecule has 88 valence electrons. The van der Waals surface area contributed by atoms with Crippen molar-refractivity contribution in [3.63, 3.8) is 0 Å². The number of piperidine rings is 1. The first kappa shape index (κ1) is 12.1. The van der Waals surface area contributed by atoms with Gasteiger partial charge in [0.05, 0.1) is 0 Å².